The van der Waals surface area contributed by atoms with Crippen LogP contribution in [-0.4, -0.2) is 44.8 Å². The van der Waals surface area contributed by atoms with Crippen molar-refractivity contribution in [2.45, 2.75) is 13.8 Å². The second-order valence-corrected chi connectivity index (χ2v) is 4.26. The van der Waals surface area contributed by atoms with E-state index >= 15 is 0 Å². The fourth-order valence-corrected chi connectivity index (χ4v) is 1.54. The van der Waals surface area contributed by atoms with Crippen LogP contribution in [0.1, 0.15) is 24.3 Å². The minimum atomic E-state index is -0.959. The number of aromatic nitrogens is 2. The van der Waals surface area contributed by atoms with E-state index in [-0.39, 0.29) is 23.7 Å². The molecule has 0 saturated carbocycles. The normalized spacial score (nSPS) is 11.9. The number of hydrogen-bond acceptors (Lipinski definition) is 4. The van der Waals surface area contributed by atoms with Gasteiger partial charge in [0, 0.05) is 26.2 Å². The predicted molar refractivity (Wildman–Crippen MR) is 67.9 cm³/mol. The summed E-state index contributed by atoms with van der Waals surface area (Å²) in [6, 6.07) is 2.60. The van der Waals surface area contributed by atoms with Crippen LogP contribution in [0.3, 0.4) is 0 Å². The van der Waals surface area contributed by atoms with Crippen LogP contribution >= 0.6 is 0 Å². The average molecular weight is 267 g/mol. The molecule has 0 bridgehead atoms. The third-order valence-corrected chi connectivity index (χ3v) is 2.76. The lowest BCUT2D eigenvalue weighted by molar-refractivity contribution is -0.141. The van der Waals surface area contributed by atoms with Gasteiger partial charge in [-0.3, -0.25) is 14.4 Å². The molecule has 104 valence electrons. The van der Waals surface area contributed by atoms with Crippen LogP contribution in [-0.2, 0) is 11.8 Å². The molecule has 0 saturated heterocycles. The molecule has 19 heavy (non-hydrogen) atoms. The molecule has 1 rings (SSSR count). The number of carboxylic acids is 1. The molecule has 1 heterocycles. The second kappa shape index (κ2) is 6.12. The van der Waals surface area contributed by atoms with Crippen molar-refractivity contribution in [1.29, 1.82) is 0 Å². The van der Waals surface area contributed by atoms with Gasteiger partial charge in [-0.1, -0.05) is 6.92 Å². The molecule has 1 aromatic rings. The van der Waals surface area contributed by atoms with Gasteiger partial charge in [0.15, 0.2) is 0 Å². The molecule has 7 heteroatoms. The topological polar surface area (TPSA) is 92.5 Å². The van der Waals surface area contributed by atoms with Crippen LogP contribution in [0, 0.1) is 5.92 Å². The largest absolute Gasteiger partial charge is 0.481 e. The van der Waals surface area contributed by atoms with Crippen LogP contribution in [0.5, 0.6) is 0 Å². The molecule has 0 aliphatic rings. The van der Waals surface area contributed by atoms with E-state index in [0.717, 1.165) is 4.68 Å². The lowest BCUT2D eigenvalue weighted by atomic mass is 10.1. The van der Waals surface area contributed by atoms with Gasteiger partial charge in [-0.25, -0.2) is 4.68 Å². The molecule has 1 amide bonds. The number of rotatable bonds is 5. The Morgan fingerprint density at radius 1 is 1.47 bits per heavy atom. The van der Waals surface area contributed by atoms with Crippen molar-refractivity contribution in [2.75, 3.05) is 13.1 Å². The SMILES string of the molecule is CCN(CC(C)C(=O)O)C(=O)c1ccc(=O)n(C)n1. The fraction of sp³-hybridized carbons (Fsp3) is 0.500. The maximum Gasteiger partial charge on any atom is 0.308 e. The molecule has 0 radical (unpaired) electrons. The molecule has 0 aliphatic carbocycles. The maximum atomic E-state index is 12.2. The number of amides is 1. The first-order chi connectivity index (χ1) is 8.86. The summed E-state index contributed by atoms with van der Waals surface area (Å²) in [5.74, 6) is -2.00. The Hall–Kier alpha value is -2.18. The Bertz CT molecular complexity index is 538. The summed E-state index contributed by atoms with van der Waals surface area (Å²) in [5.41, 5.74) is -0.181. The third kappa shape index (κ3) is 3.64. The molecular weight excluding hydrogens is 250 g/mol. The van der Waals surface area contributed by atoms with Crippen molar-refractivity contribution in [2.24, 2.45) is 13.0 Å². The van der Waals surface area contributed by atoms with E-state index in [1.807, 2.05) is 0 Å². The minimum Gasteiger partial charge on any atom is -0.481 e. The Morgan fingerprint density at radius 2 is 2.11 bits per heavy atom. The van der Waals surface area contributed by atoms with Crippen molar-refractivity contribution >= 4 is 11.9 Å². The van der Waals surface area contributed by atoms with Gasteiger partial charge in [-0.2, -0.15) is 5.10 Å². The standard InChI is InChI=1S/C12H17N3O4/c1-4-15(7-8(2)12(18)19)11(17)9-5-6-10(16)14(3)13-9/h5-6,8H,4,7H2,1-3H3,(H,18,19). The van der Waals surface area contributed by atoms with Crippen molar-refractivity contribution in [3.63, 3.8) is 0 Å². The first kappa shape index (κ1) is 14.9. The number of nitrogens with zero attached hydrogens (tertiary/aromatic N) is 3. The second-order valence-electron chi connectivity index (χ2n) is 4.26. The van der Waals surface area contributed by atoms with Crippen molar-refractivity contribution < 1.29 is 14.7 Å². The first-order valence-corrected chi connectivity index (χ1v) is 5.93. The Morgan fingerprint density at radius 3 is 2.58 bits per heavy atom. The zero-order valence-electron chi connectivity index (χ0n) is 11.2. The molecule has 1 N–H and O–H groups in total. The molecule has 0 aliphatic heterocycles. The molecular formula is C12H17N3O4. The molecule has 0 aromatic carbocycles. The summed E-state index contributed by atoms with van der Waals surface area (Å²) < 4.78 is 1.07. The number of carboxylic acid groups (broad SMARTS) is 1. The van der Waals surface area contributed by atoms with Gasteiger partial charge in [-0.15, -0.1) is 0 Å². The van der Waals surface area contributed by atoms with E-state index in [4.69, 9.17) is 5.11 Å². The van der Waals surface area contributed by atoms with Crippen molar-refractivity contribution in [3.05, 3.63) is 28.2 Å². The molecule has 0 spiro atoms. The highest BCUT2D eigenvalue weighted by atomic mass is 16.4. The molecule has 1 unspecified atom stereocenters. The summed E-state index contributed by atoms with van der Waals surface area (Å²) in [4.78, 5) is 35.6. The average Bonchev–Trinajstić information content (AvgIpc) is 2.37. The third-order valence-electron chi connectivity index (χ3n) is 2.76. The van der Waals surface area contributed by atoms with Gasteiger partial charge in [0.1, 0.15) is 5.69 Å². The number of aryl methyl sites for hydroxylation is 1. The van der Waals surface area contributed by atoms with Crippen molar-refractivity contribution in [1.82, 2.24) is 14.7 Å². The predicted octanol–water partition coefficient (Wildman–Crippen LogP) is -0.0369. The zero-order chi connectivity index (χ0) is 14.6. The lowest BCUT2D eigenvalue weighted by Crippen LogP contribution is -2.38. The minimum absolute atomic E-state index is 0.106. The zero-order valence-corrected chi connectivity index (χ0v) is 11.2. The van der Waals surface area contributed by atoms with Gasteiger partial charge < -0.3 is 10.0 Å². The molecule has 7 nitrogen and oxygen atoms in total. The van der Waals surface area contributed by atoms with E-state index in [0.29, 0.717) is 6.54 Å². The summed E-state index contributed by atoms with van der Waals surface area (Å²) >= 11 is 0. The monoisotopic (exact) mass is 267 g/mol. The number of carbonyl (C=O) groups is 2. The van der Waals surface area contributed by atoms with Gasteiger partial charge in [0.05, 0.1) is 5.92 Å². The smallest absolute Gasteiger partial charge is 0.308 e. The van der Waals surface area contributed by atoms with E-state index in [1.165, 1.54) is 31.0 Å². The summed E-state index contributed by atoms with van der Waals surface area (Å²) in [7, 11) is 1.45. The molecule has 0 fully saturated rings. The van der Waals surface area contributed by atoms with Crippen LogP contribution in [0.25, 0.3) is 0 Å². The number of carbonyl (C=O) groups excluding carboxylic acids is 1. The maximum absolute atomic E-state index is 12.2. The summed E-state index contributed by atoms with van der Waals surface area (Å²) in [6.07, 6.45) is 0. The highest BCUT2D eigenvalue weighted by Gasteiger charge is 2.21. The summed E-state index contributed by atoms with van der Waals surface area (Å²) in [5, 5.41) is 12.7. The quantitative estimate of drug-likeness (QED) is 0.808. The summed E-state index contributed by atoms with van der Waals surface area (Å²) in [6.45, 7) is 3.77. The Balaban J connectivity index is 2.92. The van der Waals surface area contributed by atoms with Crippen LogP contribution in [0.4, 0.5) is 0 Å². The highest BCUT2D eigenvalue weighted by molar-refractivity contribution is 5.92. The van der Waals surface area contributed by atoms with E-state index < -0.39 is 11.9 Å². The van der Waals surface area contributed by atoms with E-state index in [2.05, 4.69) is 5.10 Å². The van der Waals surface area contributed by atoms with Crippen LogP contribution in [0.2, 0.25) is 0 Å². The highest BCUT2D eigenvalue weighted by Crippen LogP contribution is 2.05. The van der Waals surface area contributed by atoms with Crippen molar-refractivity contribution in [3.8, 4) is 0 Å². The van der Waals surface area contributed by atoms with Gasteiger partial charge >= 0.3 is 5.97 Å². The Kier molecular flexibility index (Phi) is 4.80. The van der Waals surface area contributed by atoms with E-state index in [1.54, 1.807) is 6.92 Å². The number of aliphatic carboxylic acids is 1. The molecule has 1 atom stereocenters. The first-order valence-electron chi connectivity index (χ1n) is 5.93. The van der Waals surface area contributed by atoms with E-state index in [9.17, 15) is 14.4 Å². The lowest BCUT2D eigenvalue weighted by Gasteiger charge is -2.22. The fourth-order valence-electron chi connectivity index (χ4n) is 1.54. The number of hydrogen-bond donors (Lipinski definition) is 1. The van der Waals surface area contributed by atoms with Gasteiger partial charge in [0.25, 0.3) is 11.5 Å². The Labute approximate surface area is 110 Å². The molecule has 1 aromatic heterocycles. The van der Waals surface area contributed by atoms with Gasteiger partial charge in [0.2, 0.25) is 0 Å². The van der Waals surface area contributed by atoms with Gasteiger partial charge in [-0.05, 0) is 13.0 Å². The van der Waals surface area contributed by atoms with Crippen LogP contribution in [0.15, 0.2) is 16.9 Å². The van der Waals surface area contributed by atoms with Crippen LogP contribution < -0.4 is 5.56 Å².